The van der Waals surface area contributed by atoms with E-state index in [1.165, 1.54) is 18.9 Å². The molecule has 0 aromatic heterocycles. The van der Waals surface area contributed by atoms with Gasteiger partial charge < -0.3 is 15.0 Å². The maximum Gasteiger partial charge on any atom is 0.338 e. The molecule has 29 heavy (non-hydrogen) atoms. The van der Waals surface area contributed by atoms with Crippen LogP contribution in [0.1, 0.15) is 48.2 Å². The van der Waals surface area contributed by atoms with Gasteiger partial charge in [0.15, 0.2) is 6.10 Å². The lowest BCUT2D eigenvalue weighted by atomic mass is 10.0. The quantitative estimate of drug-likeness (QED) is 0.723. The number of hydrogen-bond acceptors (Lipinski definition) is 4. The number of carbonyl (C=O) groups excluding carboxylic acids is 3. The Morgan fingerprint density at radius 1 is 0.966 bits per heavy atom. The number of likely N-dealkylation sites (N-methyl/N-ethyl adjacent to an activating group) is 1. The first-order valence-electron chi connectivity index (χ1n) is 9.59. The standard InChI is InChI=1S/C23H28N2O4/c1-15(2)18-8-10-19(11-9-18)23(28)29-17(4)22(27)25(5)14-21(26)24-20-12-6-16(3)7-13-20/h6-13,15,17H,14H2,1-5H3,(H,24,26)/t17-/m0/s1. The van der Waals surface area contributed by atoms with E-state index in [1.54, 1.807) is 24.3 Å². The van der Waals surface area contributed by atoms with Crippen LogP contribution >= 0.6 is 0 Å². The van der Waals surface area contributed by atoms with E-state index in [0.29, 0.717) is 17.2 Å². The van der Waals surface area contributed by atoms with Crippen molar-refractivity contribution in [3.63, 3.8) is 0 Å². The molecule has 0 aliphatic heterocycles. The molecule has 6 heteroatoms. The minimum absolute atomic E-state index is 0.141. The number of rotatable bonds is 7. The second-order valence-electron chi connectivity index (χ2n) is 7.43. The number of benzene rings is 2. The smallest absolute Gasteiger partial charge is 0.338 e. The van der Waals surface area contributed by atoms with E-state index in [4.69, 9.17) is 4.74 Å². The zero-order valence-corrected chi connectivity index (χ0v) is 17.6. The average molecular weight is 396 g/mol. The van der Waals surface area contributed by atoms with E-state index >= 15 is 0 Å². The molecule has 2 aromatic rings. The van der Waals surface area contributed by atoms with Crippen molar-refractivity contribution in [2.24, 2.45) is 0 Å². The van der Waals surface area contributed by atoms with Gasteiger partial charge in [-0.1, -0.05) is 43.7 Å². The highest BCUT2D eigenvalue weighted by Crippen LogP contribution is 2.16. The highest BCUT2D eigenvalue weighted by atomic mass is 16.5. The summed E-state index contributed by atoms with van der Waals surface area (Å²) in [5, 5.41) is 2.73. The summed E-state index contributed by atoms with van der Waals surface area (Å²) >= 11 is 0. The van der Waals surface area contributed by atoms with Gasteiger partial charge in [-0.2, -0.15) is 0 Å². The number of aryl methyl sites for hydroxylation is 1. The molecule has 2 aromatic carbocycles. The Hall–Kier alpha value is -3.15. The molecule has 2 amide bonds. The van der Waals surface area contributed by atoms with E-state index in [1.807, 2.05) is 31.2 Å². The molecule has 0 heterocycles. The molecule has 2 rings (SSSR count). The summed E-state index contributed by atoms with van der Waals surface area (Å²) < 4.78 is 5.27. The fraction of sp³-hybridized carbons (Fsp3) is 0.348. The molecule has 0 aliphatic rings. The summed E-state index contributed by atoms with van der Waals surface area (Å²) in [5.41, 5.74) is 3.24. The van der Waals surface area contributed by atoms with Crippen LogP contribution in [0.25, 0.3) is 0 Å². The lowest BCUT2D eigenvalue weighted by molar-refractivity contribution is -0.140. The van der Waals surface area contributed by atoms with Crippen molar-refractivity contribution >= 4 is 23.5 Å². The Morgan fingerprint density at radius 2 is 1.55 bits per heavy atom. The highest BCUT2D eigenvalue weighted by Gasteiger charge is 2.23. The molecular weight excluding hydrogens is 368 g/mol. The third-order valence-corrected chi connectivity index (χ3v) is 4.54. The van der Waals surface area contributed by atoms with Gasteiger partial charge in [-0.15, -0.1) is 0 Å². The molecule has 154 valence electrons. The third-order valence-electron chi connectivity index (χ3n) is 4.54. The van der Waals surface area contributed by atoms with Crippen LogP contribution in [0, 0.1) is 6.92 Å². The van der Waals surface area contributed by atoms with Crippen LogP contribution in [-0.4, -0.2) is 42.4 Å². The maximum absolute atomic E-state index is 12.5. The van der Waals surface area contributed by atoms with Gasteiger partial charge in [-0.05, 0) is 49.6 Å². The van der Waals surface area contributed by atoms with Gasteiger partial charge in [-0.25, -0.2) is 4.79 Å². The second-order valence-corrected chi connectivity index (χ2v) is 7.43. The number of amides is 2. The van der Waals surface area contributed by atoms with Crippen molar-refractivity contribution in [2.75, 3.05) is 18.9 Å². The third kappa shape index (κ3) is 6.45. The maximum atomic E-state index is 12.5. The zero-order chi connectivity index (χ0) is 21.6. The van der Waals surface area contributed by atoms with Gasteiger partial charge in [0.05, 0.1) is 12.1 Å². The zero-order valence-electron chi connectivity index (χ0n) is 17.6. The summed E-state index contributed by atoms with van der Waals surface area (Å²) in [6.45, 7) is 7.45. The highest BCUT2D eigenvalue weighted by molar-refractivity contribution is 5.96. The average Bonchev–Trinajstić information content (AvgIpc) is 2.68. The van der Waals surface area contributed by atoms with Gasteiger partial charge in [0, 0.05) is 12.7 Å². The van der Waals surface area contributed by atoms with Crippen LogP contribution in [0.3, 0.4) is 0 Å². The Bertz CT molecular complexity index is 857. The number of esters is 1. The molecule has 0 aliphatic carbocycles. The van der Waals surface area contributed by atoms with Crippen molar-refractivity contribution in [1.82, 2.24) is 4.90 Å². The molecule has 0 unspecified atom stereocenters. The molecule has 0 bridgehead atoms. The number of carbonyl (C=O) groups is 3. The van der Waals surface area contributed by atoms with Gasteiger partial charge in [-0.3, -0.25) is 9.59 Å². The lowest BCUT2D eigenvalue weighted by Crippen LogP contribution is -2.41. The van der Waals surface area contributed by atoms with Gasteiger partial charge in [0.1, 0.15) is 0 Å². The predicted octanol–water partition coefficient (Wildman–Crippen LogP) is 3.76. The van der Waals surface area contributed by atoms with Crippen LogP contribution in [0.5, 0.6) is 0 Å². The summed E-state index contributed by atoms with van der Waals surface area (Å²) in [6.07, 6.45) is -0.996. The molecule has 1 atom stereocenters. The lowest BCUT2D eigenvalue weighted by Gasteiger charge is -2.21. The van der Waals surface area contributed by atoms with Crippen LogP contribution in [0.4, 0.5) is 5.69 Å². The molecular formula is C23H28N2O4. The van der Waals surface area contributed by atoms with E-state index in [-0.39, 0.29) is 12.5 Å². The van der Waals surface area contributed by atoms with Crippen LogP contribution in [0.15, 0.2) is 48.5 Å². The van der Waals surface area contributed by atoms with Crippen LogP contribution in [0.2, 0.25) is 0 Å². The minimum atomic E-state index is -0.996. The first-order valence-corrected chi connectivity index (χ1v) is 9.59. The van der Waals surface area contributed by atoms with E-state index in [0.717, 1.165) is 11.1 Å². The monoisotopic (exact) mass is 396 g/mol. The van der Waals surface area contributed by atoms with E-state index in [2.05, 4.69) is 19.2 Å². The van der Waals surface area contributed by atoms with E-state index < -0.39 is 18.0 Å². The molecule has 0 fully saturated rings. The van der Waals surface area contributed by atoms with Crippen molar-refractivity contribution < 1.29 is 19.1 Å². The van der Waals surface area contributed by atoms with Gasteiger partial charge in [0.25, 0.3) is 5.91 Å². The normalized spacial score (nSPS) is 11.7. The Morgan fingerprint density at radius 3 is 2.10 bits per heavy atom. The van der Waals surface area contributed by atoms with Gasteiger partial charge >= 0.3 is 5.97 Å². The van der Waals surface area contributed by atoms with Crippen molar-refractivity contribution in [2.45, 2.75) is 39.7 Å². The Kier molecular flexibility index (Phi) is 7.53. The Balaban J connectivity index is 1.88. The second kappa shape index (κ2) is 9.87. The Labute approximate surface area is 171 Å². The van der Waals surface area contributed by atoms with Crippen LogP contribution in [-0.2, 0) is 14.3 Å². The minimum Gasteiger partial charge on any atom is -0.449 e. The number of hydrogen-bond donors (Lipinski definition) is 1. The summed E-state index contributed by atoms with van der Waals surface area (Å²) in [7, 11) is 1.50. The van der Waals surface area contributed by atoms with Crippen molar-refractivity contribution in [1.29, 1.82) is 0 Å². The molecule has 0 saturated heterocycles. The topological polar surface area (TPSA) is 75.7 Å². The summed E-state index contributed by atoms with van der Waals surface area (Å²) in [6, 6.07) is 14.5. The predicted molar refractivity (Wildman–Crippen MR) is 113 cm³/mol. The summed E-state index contributed by atoms with van der Waals surface area (Å²) in [4.78, 5) is 38.1. The molecule has 0 spiro atoms. The number of nitrogens with one attached hydrogen (secondary N) is 1. The van der Waals surface area contributed by atoms with Crippen molar-refractivity contribution in [3.8, 4) is 0 Å². The van der Waals surface area contributed by atoms with Crippen LogP contribution < -0.4 is 5.32 Å². The molecule has 6 nitrogen and oxygen atoms in total. The number of ether oxygens (including phenoxy) is 1. The van der Waals surface area contributed by atoms with Gasteiger partial charge in [0.2, 0.25) is 5.91 Å². The number of nitrogens with zero attached hydrogens (tertiary/aromatic N) is 1. The van der Waals surface area contributed by atoms with Crippen molar-refractivity contribution in [3.05, 3.63) is 65.2 Å². The first-order chi connectivity index (χ1) is 13.7. The first kappa shape index (κ1) is 22.1. The fourth-order valence-electron chi connectivity index (χ4n) is 2.72. The molecule has 0 saturated carbocycles. The number of anilines is 1. The largest absolute Gasteiger partial charge is 0.449 e. The molecule has 1 N–H and O–H groups in total. The summed E-state index contributed by atoms with van der Waals surface area (Å²) in [5.74, 6) is -0.984. The fourth-order valence-corrected chi connectivity index (χ4v) is 2.72. The molecule has 0 radical (unpaired) electrons. The SMILES string of the molecule is Cc1ccc(NC(=O)CN(C)C(=O)[C@H](C)OC(=O)c2ccc(C(C)C)cc2)cc1. The van der Waals surface area contributed by atoms with E-state index in [9.17, 15) is 14.4 Å².